The molecule has 2 N–H and O–H groups in total. The zero-order valence-corrected chi connectivity index (χ0v) is 26.3. The van der Waals surface area contributed by atoms with E-state index in [1.165, 1.54) is 12.3 Å². The van der Waals surface area contributed by atoms with Crippen LogP contribution in [0.15, 0.2) is 5.38 Å². The molecule has 0 spiro atoms. The van der Waals surface area contributed by atoms with E-state index in [9.17, 15) is 24.3 Å². The van der Waals surface area contributed by atoms with Crippen LogP contribution in [0.2, 0.25) is 0 Å². The number of thiazole rings is 1. The third-order valence-corrected chi connectivity index (χ3v) is 8.78. The molecule has 1 aromatic heterocycles. The van der Waals surface area contributed by atoms with Crippen LogP contribution < -0.4 is 5.32 Å². The minimum Gasteiger partial charge on any atom is -0.476 e. The Bertz CT molecular complexity index is 1040. The van der Waals surface area contributed by atoms with Crippen molar-refractivity contribution in [3.8, 4) is 0 Å². The highest BCUT2D eigenvalue weighted by Crippen LogP contribution is 2.31. The zero-order chi connectivity index (χ0) is 30.4. The molecule has 226 valence electrons. The quantitative estimate of drug-likeness (QED) is 0.346. The molecule has 0 radical (unpaired) electrons. The summed E-state index contributed by atoms with van der Waals surface area (Å²) in [7, 11) is 1.71. The molecule has 2 heterocycles. The van der Waals surface area contributed by atoms with E-state index in [0.717, 1.165) is 37.1 Å². The molecule has 10 nitrogen and oxygen atoms in total. The first kappa shape index (κ1) is 33.7. The molecule has 2 rings (SSSR count). The lowest BCUT2D eigenvalue weighted by Crippen LogP contribution is -2.61. The van der Waals surface area contributed by atoms with Crippen LogP contribution in [0.5, 0.6) is 0 Å². The van der Waals surface area contributed by atoms with Crippen LogP contribution in [0.1, 0.15) is 109 Å². The van der Waals surface area contributed by atoms with E-state index in [4.69, 9.17) is 4.74 Å². The smallest absolute Gasteiger partial charge is 0.355 e. The number of hydrogen-bond donors (Lipinski definition) is 2. The van der Waals surface area contributed by atoms with Gasteiger partial charge >= 0.3 is 11.9 Å². The summed E-state index contributed by atoms with van der Waals surface area (Å²) in [4.78, 5) is 59.0. The third-order valence-electron chi connectivity index (χ3n) is 7.84. The van der Waals surface area contributed by atoms with Crippen molar-refractivity contribution < 1.29 is 29.0 Å². The molecule has 0 aliphatic carbocycles. The first-order chi connectivity index (χ1) is 18.6. The summed E-state index contributed by atoms with van der Waals surface area (Å²) < 4.78 is 5.56. The van der Waals surface area contributed by atoms with Crippen LogP contribution in [-0.4, -0.2) is 80.9 Å². The molecule has 11 heteroatoms. The Labute approximate surface area is 242 Å². The number of aromatic carboxylic acids is 1. The predicted octanol–water partition coefficient (Wildman–Crippen LogP) is 4.50. The lowest BCUT2D eigenvalue weighted by molar-refractivity contribution is -0.149. The number of carboxylic acids is 1. The van der Waals surface area contributed by atoms with Gasteiger partial charge in [0.2, 0.25) is 11.8 Å². The topological polar surface area (TPSA) is 129 Å². The number of nitrogens with one attached hydrogen (secondary N) is 1. The number of nitrogens with zero attached hydrogens (tertiary/aromatic N) is 3. The van der Waals surface area contributed by atoms with Gasteiger partial charge in [0.05, 0.1) is 6.04 Å². The summed E-state index contributed by atoms with van der Waals surface area (Å²) >= 11 is 1.11. The van der Waals surface area contributed by atoms with Gasteiger partial charge in [-0.05, 0) is 52.0 Å². The van der Waals surface area contributed by atoms with Gasteiger partial charge in [-0.15, -0.1) is 11.3 Å². The number of hydrogen-bond acceptors (Lipinski definition) is 8. The molecule has 1 saturated heterocycles. The highest BCUT2D eigenvalue weighted by atomic mass is 32.1. The number of amides is 2. The first-order valence-corrected chi connectivity index (χ1v) is 15.2. The van der Waals surface area contributed by atoms with Crippen molar-refractivity contribution in [3.05, 3.63) is 16.1 Å². The average molecular weight is 581 g/mol. The number of ether oxygens (including phenoxy) is 1. The Morgan fingerprint density at radius 2 is 1.88 bits per heavy atom. The first-order valence-electron chi connectivity index (χ1n) is 14.3. The predicted molar refractivity (Wildman–Crippen MR) is 155 cm³/mol. The van der Waals surface area contributed by atoms with Gasteiger partial charge in [0.15, 0.2) is 11.8 Å². The van der Waals surface area contributed by atoms with E-state index in [2.05, 4.69) is 36.0 Å². The van der Waals surface area contributed by atoms with Crippen LogP contribution in [-0.2, 0) is 19.1 Å². The molecule has 1 aliphatic heterocycles. The number of esters is 1. The molecule has 1 aromatic rings. The van der Waals surface area contributed by atoms with Crippen LogP contribution in [0.25, 0.3) is 0 Å². The van der Waals surface area contributed by atoms with Gasteiger partial charge in [0.25, 0.3) is 0 Å². The van der Waals surface area contributed by atoms with Gasteiger partial charge in [-0.3, -0.25) is 19.3 Å². The van der Waals surface area contributed by atoms with Crippen LogP contribution in [0.4, 0.5) is 0 Å². The number of likely N-dealkylation sites (tertiary alicyclic amines) is 1. The Hall–Kier alpha value is -2.53. The fourth-order valence-electron chi connectivity index (χ4n) is 5.35. The van der Waals surface area contributed by atoms with Crippen molar-refractivity contribution in [1.82, 2.24) is 20.1 Å². The summed E-state index contributed by atoms with van der Waals surface area (Å²) in [6.07, 6.45) is 2.91. The van der Waals surface area contributed by atoms with E-state index >= 15 is 0 Å². The monoisotopic (exact) mass is 580 g/mol. The molecule has 1 fully saturated rings. The molecular formula is C29H48N4O6S. The maximum atomic E-state index is 14.0. The number of rotatable bonds is 12. The van der Waals surface area contributed by atoms with Crippen molar-refractivity contribution >= 4 is 35.1 Å². The van der Waals surface area contributed by atoms with Crippen molar-refractivity contribution in [1.29, 1.82) is 0 Å². The second kappa shape index (κ2) is 14.4. The molecule has 0 saturated carbocycles. The van der Waals surface area contributed by atoms with Crippen LogP contribution >= 0.6 is 11.3 Å². The zero-order valence-electron chi connectivity index (χ0n) is 25.5. The Kier molecular flexibility index (Phi) is 12.1. The van der Waals surface area contributed by atoms with E-state index < -0.39 is 24.1 Å². The summed E-state index contributed by atoms with van der Waals surface area (Å²) in [5, 5.41) is 14.2. The number of piperidine rings is 1. The summed E-state index contributed by atoms with van der Waals surface area (Å²) in [6.45, 7) is 16.4. The number of likely N-dealkylation sites (N-methyl/N-ethyl adjacent to an activating group) is 1. The Morgan fingerprint density at radius 1 is 1.23 bits per heavy atom. The van der Waals surface area contributed by atoms with Gasteiger partial charge in [0.1, 0.15) is 11.0 Å². The summed E-state index contributed by atoms with van der Waals surface area (Å²) in [5.41, 5.74) is -0.283. The number of carbonyl (C=O) groups excluding carboxylic acids is 3. The minimum absolute atomic E-state index is 0.0195. The highest BCUT2D eigenvalue weighted by molar-refractivity contribution is 7.09. The molecule has 0 bridgehead atoms. The van der Waals surface area contributed by atoms with E-state index in [1.807, 2.05) is 27.7 Å². The van der Waals surface area contributed by atoms with Crippen LogP contribution in [0.3, 0.4) is 0 Å². The summed E-state index contributed by atoms with van der Waals surface area (Å²) in [5.74, 6) is -2.12. The van der Waals surface area contributed by atoms with Crippen molar-refractivity contribution in [3.63, 3.8) is 0 Å². The number of aromatic nitrogens is 1. The fourth-order valence-corrected chi connectivity index (χ4v) is 6.19. The van der Waals surface area contributed by atoms with Crippen molar-refractivity contribution in [2.45, 2.75) is 117 Å². The number of carboxylic acid groups (broad SMARTS) is 1. The van der Waals surface area contributed by atoms with E-state index in [1.54, 1.807) is 11.9 Å². The molecular weight excluding hydrogens is 532 g/mol. The van der Waals surface area contributed by atoms with Crippen molar-refractivity contribution in [2.24, 2.45) is 11.8 Å². The lowest BCUT2D eigenvalue weighted by Gasteiger charge is -2.44. The lowest BCUT2D eigenvalue weighted by atomic mass is 9.91. The average Bonchev–Trinajstić information content (AvgIpc) is 3.38. The van der Waals surface area contributed by atoms with Gasteiger partial charge in [0, 0.05) is 37.4 Å². The Balaban J connectivity index is 2.31. The Morgan fingerprint density at radius 3 is 2.38 bits per heavy atom. The SMILES string of the molecule is CC[C@H](C)[C@H](NC(=O)[C@H]1CCCCN1C(C)(C)C)C(=O)N(C)C(C[C@@H](OC(C)=O)c1nc(C(=O)O)cs1)C(C)C. The number of carbonyl (C=O) groups is 4. The van der Waals surface area contributed by atoms with Gasteiger partial charge in [-0.1, -0.05) is 40.5 Å². The second-order valence-corrected chi connectivity index (χ2v) is 13.1. The maximum absolute atomic E-state index is 14.0. The molecule has 1 aliphatic rings. The van der Waals surface area contributed by atoms with E-state index in [0.29, 0.717) is 11.4 Å². The molecule has 1 unspecified atom stereocenters. The standard InChI is InChI=1S/C29H48N4O6S/c1-10-18(4)24(31-25(35)21-13-11-12-14-33(21)29(6,7)8)27(36)32(9)22(17(2)3)15-23(39-19(5)34)26-30-20(16-40-26)28(37)38/h16-18,21-24H,10-15H2,1-9H3,(H,31,35)(H,37,38)/t18-,21+,22?,23+,24-/m0/s1. The highest BCUT2D eigenvalue weighted by Gasteiger charge is 2.39. The maximum Gasteiger partial charge on any atom is 0.355 e. The molecule has 5 atom stereocenters. The van der Waals surface area contributed by atoms with Crippen molar-refractivity contribution in [2.75, 3.05) is 13.6 Å². The molecule has 2 amide bonds. The second-order valence-electron chi connectivity index (χ2n) is 12.2. The largest absolute Gasteiger partial charge is 0.476 e. The minimum atomic E-state index is -1.16. The van der Waals surface area contributed by atoms with E-state index in [-0.39, 0.29) is 53.4 Å². The molecule has 40 heavy (non-hydrogen) atoms. The van der Waals surface area contributed by atoms with Gasteiger partial charge < -0.3 is 20.1 Å². The van der Waals surface area contributed by atoms with Crippen LogP contribution in [0, 0.1) is 11.8 Å². The normalized spacial score (nSPS) is 19.4. The van der Waals surface area contributed by atoms with Gasteiger partial charge in [-0.25, -0.2) is 9.78 Å². The van der Waals surface area contributed by atoms with Gasteiger partial charge in [-0.2, -0.15) is 0 Å². The molecule has 0 aromatic carbocycles. The third kappa shape index (κ3) is 8.73. The summed E-state index contributed by atoms with van der Waals surface area (Å²) in [6, 6.07) is -1.36. The fraction of sp³-hybridized carbons (Fsp3) is 0.759.